The highest BCUT2D eigenvalue weighted by atomic mass is 79.9. The molecule has 0 aliphatic rings. The van der Waals surface area contributed by atoms with Crippen LogP contribution in [0.15, 0.2) is 46.9 Å². The van der Waals surface area contributed by atoms with Gasteiger partial charge in [-0.2, -0.15) is 0 Å². The summed E-state index contributed by atoms with van der Waals surface area (Å²) in [6.07, 6.45) is 0. The third-order valence-corrected chi connectivity index (χ3v) is 4.61. The van der Waals surface area contributed by atoms with Crippen LogP contribution < -0.4 is 10.6 Å². The van der Waals surface area contributed by atoms with Crippen LogP contribution in [0.3, 0.4) is 0 Å². The van der Waals surface area contributed by atoms with E-state index in [2.05, 4.69) is 26.6 Å². The highest BCUT2D eigenvalue weighted by Crippen LogP contribution is 2.25. The van der Waals surface area contributed by atoms with Crippen LogP contribution in [0.5, 0.6) is 0 Å². The minimum atomic E-state index is -0.255. The van der Waals surface area contributed by atoms with E-state index < -0.39 is 0 Å². The van der Waals surface area contributed by atoms with Crippen LogP contribution in [-0.4, -0.2) is 36.9 Å². The highest BCUT2D eigenvalue weighted by Gasteiger charge is 2.12. The Labute approximate surface area is 164 Å². The van der Waals surface area contributed by atoms with E-state index in [1.807, 2.05) is 18.2 Å². The molecule has 0 fully saturated rings. The van der Waals surface area contributed by atoms with Crippen LogP contribution in [0.25, 0.3) is 0 Å². The number of nitrogens with one attached hydrogen (secondary N) is 2. The summed E-state index contributed by atoms with van der Waals surface area (Å²) >= 11 is 15.1. The van der Waals surface area contributed by atoms with E-state index >= 15 is 0 Å². The average molecular weight is 445 g/mol. The Hall–Kier alpha value is -1.60. The van der Waals surface area contributed by atoms with Gasteiger partial charge in [-0.05, 0) is 53.3 Å². The third kappa shape index (κ3) is 6.32. The van der Waals surface area contributed by atoms with Gasteiger partial charge in [0.25, 0.3) is 0 Å². The standard InChI is InChI=1S/C17H16BrCl2N3O2/c1-23(10-17(25)22-15-5-3-2-4-12(15)18)9-16(24)21-11-6-7-13(19)14(20)8-11/h2-8H,9-10H2,1H3,(H,21,24)(H,22,25). The number of hydrogen-bond donors (Lipinski definition) is 2. The second-order valence-electron chi connectivity index (χ2n) is 5.38. The van der Waals surface area contributed by atoms with Crippen molar-refractivity contribution in [3.63, 3.8) is 0 Å². The van der Waals surface area contributed by atoms with Crippen LogP contribution >= 0.6 is 39.1 Å². The molecule has 132 valence electrons. The van der Waals surface area contributed by atoms with Crippen molar-refractivity contribution in [2.45, 2.75) is 0 Å². The van der Waals surface area contributed by atoms with E-state index in [-0.39, 0.29) is 24.9 Å². The molecule has 0 spiro atoms. The second-order valence-corrected chi connectivity index (χ2v) is 7.05. The van der Waals surface area contributed by atoms with Gasteiger partial charge < -0.3 is 10.6 Å². The molecule has 0 aliphatic heterocycles. The van der Waals surface area contributed by atoms with E-state index in [0.29, 0.717) is 21.4 Å². The minimum Gasteiger partial charge on any atom is -0.325 e. The van der Waals surface area contributed by atoms with E-state index in [0.717, 1.165) is 4.47 Å². The maximum atomic E-state index is 12.1. The van der Waals surface area contributed by atoms with Gasteiger partial charge in [-0.15, -0.1) is 0 Å². The Morgan fingerprint density at radius 1 is 1.00 bits per heavy atom. The summed E-state index contributed by atoms with van der Waals surface area (Å²) in [6, 6.07) is 12.2. The number of para-hydroxylation sites is 1. The van der Waals surface area contributed by atoms with E-state index in [9.17, 15) is 9.59 Å². The lowest BCUT2D eigenvalue weighted by atomic mass is 10.3. The Bertz CT molecular complexity index is 786. The number of amides is 2. The fourth-order valence-electron chi connectivity index (χ4n) is 2.07. The van der Waals surface area contributed by atoms with Gasteiger partial charge in [0.2, 0.25) is 11.8 Å². The van der Waals surface area contributed by atoms with Gasteiger partial charge in [-0.3, -0.25) is 14.5 Å². The second kappa shape index (κ2) is 9.20. The Balaban J connectivity index is 1.83. The van der Waals surface area contributed by atoms with Gasteiger partial charge in [-0.1, -0.05) is 35.3 Å². The fraction of sp³-hybridized carbons (Fsp3) is 0.176. The molecule has 0 aliphatic carbocycles. The average Bonchev–Trinajstić information content (AvgIpc) is 2.52. The van der Waals surface area contributed by atoms with Gasteiger partial charge in [-0.25, -0.2) is 0 Å². The molecule has 2 aromatic rings. The summed E-state index contributed by atoms with van der Waals surface area (Å²) < 4.78 is 0.795. The quantitative estimate of drug-likeness (QED) is 0.699. The van der Waals surface area contributed by atoms with Gasteiger partial charge in [0.15, 0.2) is 0 Å². The number of halogens is 3. The molecule has 0 saturated carbocycles. The number of rotatable bonds is 6. The first-order valence-electron chi connectivity index (χ1n) is 7.33. The monoisotopic (exact) mass is 443 g/mol. The lowest BCUT2D eigenvalue weighted by molar-refractivity contribution is -0.119. The SMILES string of the molecule is CN(CC(=O)Nc1ccc(Cl)c(Cl)c1)CC(=O)Nc1ccccc1Br. The first kappa shape index (κ1) is 19.7. The molecule has 2 rings (SSSR count). The zero-order chi connectivity index (χ0) is 18.4. The number of likely N-dealkylation sites (N-methyl/N-ethyl adjacent to an activating group) is 1. The Kier molecular flexibility index (Phi) is 7.25. The van der Waals surface area contributed by atoms with Crippen molar-refractivity contribution in [2.75, 3.05) is 30.8 Å². The highest BCUT2D eigenvalue weighted by molar-refractivity contribution is 9.10. The topological polar surface area (TPSA) is 61.4 Å². The van der Waals surface area contributed by atoms with Gasteiger partial charge in [0.05, 0.1) is 28.8 Å². The van der Waals surface area contributed by atoms with Gasteiger partial charge in [0, 0.05) is 10.2 Å². The lowest BCUT2D eigenvalue weighted by Gasteiger charge is -2.16. The lowest BCUT2D eigenvalue weighted by Crippen LogP contribution is -2.36. The number of benzene rings is 2. The van der Waals surface area contributed by atoms with Crippen LogP contribution in [0.1, 0.15) is 0 Å². The zero-order valence-corrected chi connectivity index (χ0v) is 16.5. The summed E-state index contributed by atoms with van der Waals surface area (Å²) in [7, 11) is 1.69. The predicted molar refractivity (Wildman–Crippen MR) is 105 cm³/mol. The molecule has 0 radical (unpaired) electrons. The molecule has 0 saturated heterocycles. The van der Waals surface area contributed by atoms with Crippen molar-refractivity contribution in [2.24, 2.45) is 0 Å². The van der Waals surface area contributed by atoms with Crippen molar-refractivity contribution >= 4 is 62.3 Å². The van der Waals surface area contributed by atoms with Crippen LogP contribution in [0.2, 0.25) is 10.0 Å². The van der Waals surface area contributed by atoms with E-state index in [4.69, 9.17) is 23.2 Å². The third-order valence-electron chi connectivity index (χ3n) is 3.18. The summed E-state index contributed by atoms with van der Waals surface area (Å²) in [6.45, 7) is 0.139. The van der Waals surface area contributed by atoms with Crippen molar-refractivity contribution in [1.82, 2.24) is 4.90 Å². The number of carbonyl (C=O) groups excluding carboxylic acids is 2. The van der Waals surface area contributed by atoms with Crippen molar-refractivity contribution < 1.29 is 9.59 Å². The Morgan fingerprint density at radius 3 is 2.28 bits per heavy atom. The molecule has 2 aromatic carbocycles. The van der Waals surface area contributed by atoms with Crippen molar-refractivity contribution in [1.29, 1.82) is 0 Å². The first-order valence-corrected chi connectivity index (χ1v) is 8.88. The minimum absolute atomic E-state index is 0.0592. The van der Waals surface area contributed by atoms with E-state index in [1.54, 1.807) is 36.2 Å². The smallest absolute Gasteiger partial charge is 0.238 e. The molecule has 2 amide bonds. The molecule has 8 heteroatoms. The first-order chi connectivity index (χ1) is 11.8. The molecule has 0 atom stereocenters. The van der Waals surface area contributed by atoms with Gasteiger partial charge in [0.1, 0.15) is 0 Å². The molecule has 5 nitrogen and oxygen atoms in total. The summed E-state index contributed by atoms with van der Waals surface area (Å²) in [4.78, 5) is 25.7. The maximum absolute atomic E-state index is 12.1. The van der Waals surface area contributed by atoms with Crippen LogP contribution in [0.4, 0.5) is 11.4 Å². The number of anilines is 2. The predicted octanol–water partition coefficient (Wildman–Crippen LogP) is 4.26. The molecule has 0 heterocycles. The molecular formula is C17H16BrCl2N3O2. The zero-order valence-electron chi connectivity index (χ0n) is 13.4. The summed E-state index contributed by atoms with van der Waals surface area (Å²) in [5.41, 5.74) is 1.23. The maximum Gasteiger partial charge on any atom is 0.238 e. The Morgan fingerprint density at radius 2 is 1.64 bits per heavy atom. The fourth-order valence-corrected chi connectivity index (χ4v) is 2.75. The molecule has 2 N–H and O–H groups in total. The van der Waals surface area contributed by atoms with Crippen molar-refractivity contribution in [3.8, 4) is 0 Å². The molecule has 0 unspecified atom stereocenters. The van der Waals surface area contributed by atoms with E-state index in [1.165, 1.54) is 0 Å². The van der Waals surface area contributed by atoms with Crippen LogP contribution in [-0.2, 0) is 9.59 Å². The number of hydrogen-bond acceptors (Lipinski definition) is 3. The van der Waals surface area contributed by atoms with Gasteiger partial charge >= 0.3 is 0 Å². The van der Waals surface area contributed by atoms with Crippen LogP contribution in [0, 0.1) is 0 Å². The normalized spacial score (nSPS) is 10.6. The molecule has 0 bridgehead atoms. The molecular weight excluding hydrogens is 429 g/mol. The summed E-state index contributed by atoms with van der Waals surface area (Å²) in [5.74, 6) is -0.466. The largest absolute Gasteiger partial charge is 0.325 e. The summed E-state index contributed by atoms with van der Waals surface area (Å²) in [5, 5.41) is 6.28. The van der Waals surface area contributed by atoms with Crippen molar-refractivity contribution in [3.05, 3.63) is 57.0 Å². The number of nitrogens with zero attached hydrogens (tertiary/aromatic N) is 1. The molecule has 0 aromatic heterocycles. The number of carbonyl (C=O) groups is 2. The molecule has 25 heavy (non-hydrogen) atoms.